The number of nitrogens with two attached hydrogens (primary N) is 1. The van der Waals surface area contributed by atoms with Gasteiger partial charge in [-0.3, -0.25) is 11.3 Å². The zero-order valence-corrected chi connectivity index (χ0v) is 10.8. The Morgan fingerprint density at radius 3 is 3.00 bits per heavy atom. The maximum absolute atomic E-state index is 5.71. The molecule has 0 spiro atoms. The van der Waals surface area contributed by atoms with Gasteiger partial charge in [-0.15, -0.1) is 0 Å². The van der Waals surface area contributed by atoms with Crippen LogP contribution in [0, 0.1) is 11.8 Å². The molecule has 0 saturated heterocycles. The summed E-state index contributed by atoms with van der Waals surface area (Å²) in [7, 11) is 0. The van der Waals surface area contributed by atoms with E-state index in [1.54, 1.807) is 11.3 Å². The van der Waals surface area contributed by atoms with Crippen molar-refractivity contribution < 1.29 is 0 Å². The highest BCUT2D eigenvalue weighted by Crippen LogP contribution is 2.35. The standard InChI is InChI=1S/C13H22N2S/c1-2-10-3-4-12(7-10)13(15-14)8-11-5-6-16-9-11/h5-6,9-10,12-13,15H,2-4,7-8,14H2,1H3. The summed E-state index contributed by atoms with van der Waals surface area (Å²) in [5.74, 6) is 7.42. The van der Waals surface area contributed by atoms with Crippen molar-refractivity contribution in [2.45, 2.75) is 45.1 Å². The van der Waals surface area contributed by atoms with Gasteiger partial charge in [0.2, 0.25) is 0 Å². The first-order valence-corrected chi connectivity index (χ1v) is 7.25. The number of hydrogen-bond acceptors (Lipinski definition) is 3. The van der Waals surface area contributed by atoms with Crippen LogP contribution in [-0.2, 0) is 6.42 Å². The van der Waals surface area contributed by atoms with Crippen molar-refractivity contribution in [1.82, 2.24) is 5.43 Å². The molecule has 3 atom stereocenters. The third-order valence-electron chi connectivity index (χ3n) is 3.98. The zero-order chi connectivity index (χ0) is 11.4. The summed E-state index contributed by atoms with van der Waals surface area (Å²) in [4.78, 5) is 0. The number of thiophene rings is 1. The lowest BCUT2D eigenvalue weighted by molar-refractivity contribution is 0.348. The zero-order valence-electron chi connectivity index (χ0n) is 9.99. The second-order valence-electron chi connectivity index (χ2n) is 4.96. The highest BCUT2D eigenvalue weighted by molar-refractivity contribution is 7.07. The Kier molecular flexibility index (Phi) is 4.38. The van der Waals surface area contributed by atoms with Crippen LogP contribution in [0.5, 0.6) is 0 Å². The van der Waals surface area contributed by atoms with Crippen LogP contribution in [-0.4, -0.2) is 6.04 Å². The minimum atomic E-state index is 0.464. The second kappa shape index (κ2) is 5.80. The highest BCUT2D eigenvalue weighted by Gasteiger charge is 2.29. The molecule has 0 aliphatic heterocycles. The van der Waals surface area contributed by atoms with Gasteiger partial charge in [0.15, 0.2) is 0 Å². The van der Waals surface area contributed by atoms with E-state index in [9.17, 15) is 0 Å². The summed E-state index contributed by atoms with van der Waals surface area (Å²) in [5, 5.41) is 4.38. The molecule has 1 fully saturated rings. The molecule has 3 N–H and O–H groups in total. The minimum absolute atomic E-state index is 0.464. The Hall–Kier alpha value is -0.380. The van der Waals surface area contributed by atoms with E-state index in [4.69, 9.17) is 5.84 Å². The number of hydrazine groups is 1. The fourth-order valence-electron chi connectivity index (χ4n) is 2.87. The SMILES string of the molecule is CCC1CCC(C(Cc2ccsc2)NN)C1. The van der Waals surface area contributed by atoms with Gasteiger partial charge in [0.25, 0.3) is 0 Å². The molecule has 2 nitrogen and oxygen atoms in total. The fourth-order valence-corrected chi connectivity index (χ4v) is 3.56. The molecule has 16 heavy (non-hydrogen) atoms. The van der Waals surface area contributed by atoms with Crippen LogP contribution in [0.3, 0.4) is 0 Å². The van der Waals surface area contributed by atoms with E-state index in [-0.39, 0.29) is 0 Å². The van der Waals surface area contributed by atoms with Gasteiger partial charge in [-0.25, -0.2) is 0 Å². The summed E-state index contributed by atoms with van der Waals surface area (Å²) in [6.45, 7) is 2.30. The van der Waals surface area contributed by atoms with Gasteiger partial charge in [0, 0.05) is 6.04 Å². The van der Waals surface area contributed by atoms with E-state index in [1.165, 1.54) is 31.2 Å². The van der Waals surface area contributed by atoms with E-state index in [2.05, 4.69) is 29.2 Å². The Morgan fingerprint density at radius 1 is 1.56 bits per heavy atom. The number of nitrogens with one attached hydrogen (secondary N) is 1. The summed E-state index contributed by atoms with van der Waals surface area (Å²) in [6, 6.07) is 2.67. The lowest BCUT2D eigenvalue weighted by atomic mass is 9.92. The first-order chi connectivity index (χ1) is 7.83. The maximum Gasteiger partial charge on any atom is 0.0279 e. The van der Waals surface area contributed by atoms with Crippen molar-refractivity contribution in [3.8, 4) is 0 Å². The van der Waals surface area contributed by atoms with Crippen LogP contribution in [0.2, 0.25) is 0 Å². The van der Waals surface area contributed by atoms with Crippen molar-refractivity contribution in [2.24, 2.45) is 17.7 Å². The predicted molar refractivity (Wildman–Crippen MR) is 70.3 cm³/mol. The summed E-state index contributed by atoms with van der Waals surface area (Å²) < 4.78 is 0. The van der Waals surface area contributed by atoms with Crippen LogP contribution in [0.15, 0.2) is 16.8 Å². The van der Waals surface area contributed by atoms with Crippen LogP contribution in [0.1, 0.15) is 38.2 Å². The molecule has 1 aliphatic rings. The van der Waals surface area contributed by atoms with Gasteiger partial charge in [0.1, 0.15) is 0 Å². The van der Waals surface area contributed by atoms with Gasteiger partial charge in [-0.05, 0) is 53.5 Å². The van der Waals surface area contributed by atoms with Crippen LogP contribution in [0.4, 0.5) is 0 Å². The molecule has 1 saturated carbocycles. The van der Waals surface area contributed by atoms with E-state index in [0.29, 0.717) is 6.04 Å². The van der Waals surface area contributed by atoms with Crippen molar-refractivity contribution in [3.05, 3.63) is 22.4 Å². The van der Waals surface area contributed by atoms with Gasteiger partial charge < -0.3 is 0 Å². The number of rotatable bonds is 5. The first kappa shape index (κ1) is 12.1. The Labute approximate surface area is 102 Å². The van der Waals surface area contributed by atoms with E-state index >= 15 is 0 Å². The normalized spacial score (nSPS) is 27.1. The van der Waals surface area contributed by atoms with Gasteiger partial charge in [-0.2, -0.15) is 11.3 Å². The minimum Gasteiger partial charge on any atom is -0.271 e. The van der Waals surface area contributed by atoms with Crippen LogP contribution < -0.4 is 11.3 Å². The topological polar surface area (TPSA) is 38.0 Å². The first-order valence-electron chi connectivity index (χ1n) is 6.30. The van der Waals surface area contributed by atoms with Crippen molar-refractivity contribution in [1.29, 1.82) is 0 Å². The molecule has 3 heteroatoms. The molecule has 0 radical (unpaired) electrons. The van der Waals surface area contributed by atoms with E-state index in [0.717, 1.165) is 18.3 Å². The third-order valence-corrected chi connectivity index (χ3v) is 4.71. The fraction of sp³-hybridized carbons (Fsp3) is 0.692. The third kappa shape index (κ3) is 2.84. The Morgan fingerprint density at radius 2 is 2.44 bits per heavy atom. The second-order valence-corrected chi connectivity index (χ2v) is 5.74. The lowest BCUT2D eigenvalue weighted by Gasteiger charge is -2.22. The van der Waals surface area contributed by atoms with E-state index < -0.39 is 0 Å². The molecule has 1 aliphatic carbocycles. The average molecular weight is 238 g/mol. The molecule has 0 amide bonds. The molecular weight excluding hydrogens is 216 g/mol. The molecule has 90 valence electrons. The maximum atomic E-state index is 5.71. The molecule has 0 bridgehead atoms. The summed E-state index contributed by atoms with van der Waals surface area (Å²) >= 11 is 1.77. The van der Waals surface area contributed by atoms with Crippen molar-refractivity contribution in [3.63, 3.8) is 0 Å². The largest absolute Gasteiger partial charge is 0.271 e. The van der Waals surface area contributed by atoms with Crippen molar-refractivity contribution in [2.75, 3.05) is 0 Å². The predicted octanol–water partition coefficient (Wildman–Crippen LogP) is 2.95. The number of hydrogen-bond donors (Lipinski definition) is 2. The molecular formula is C13H22N2S. The summed E-state index contributed by atoms with van der Waals surface area (Å²) in [6.07, 6.45) is 6.50. The van der Waals surface area contributed by atoms with Gasteiger partial charge in [0.05, 0.1) is 0 Å². The molecule has 3 unspecified atom stereocenters. The smallest absolute Gasteiger partial charge is 0.0279 e. The Bertz CT molecular complexity index is 297. The van der Waals surface area contributed by atoms with Crippen LogP contribution in [0.25, 0.3) is 0 Å². The quantitative estimate of drug-likeness (QED) is 0.611. The van der Waals surface area contributed by atoms with E-state index in [1.807, 2.05) is 0 Å². The molecule has 1 heterocycles. The van der Waals surface area contributed by atoms with Crippen LogP contribution >= 0.6 is 11.3 Å². The van der Waals surface area contributed by atoms with Crippen molar-refractivity contribution >= 4 is 11.3 Å². The average Bonchev–Trinajstić information content (AvgIpc) is 2.96. The monoisotopic (exact) mass is 238 g/mol. The molecule has 2 rings (SSSR count). The molecule has 1 aromatic rings. The lowest BCUT2D eigenvalue weighted by Crippen LogP contribution is -2.41. The van der Waals surface area contributed by atoms with Gasteiger partial charge >= 0.3 is 0 Å². The highest BCUT2D eigenvalue weighted by atomic mass is 32.1. The Balaban J connectivity index is 1.90. The van der Waals surface area contributed by atoms with Gasteiger partial charge in [-0.1, -0.05) is 19.8 Å². The molecule has 0 aromatic carbocycles. The summed E-state index contributed by atoms with van der Waals surface area (Å²) in [5.41, 5.74) is 4.46. The molecule has 1 aromatic heterocycles.